The molecule has 0 aromatic carbocycles. The Morgan fingerprint density at radius 3 is 2.55 bits per heavy atom. The van der Waals surface area contributed by atoms with E-state index in [9.17, 15) is 0 Å². The van der Waals surface area contributed by atoms with E-state index in [4.69, 9.17) is 9.97 Å². The van der Waals surface area contributed by atoms with Gasteiger partial charge in [-0.05, 0) is 25.3 Å². The molecule has 1 atom stereocenters. The predicted octanol–water partition coefficient (Wildman–Crippen LogP) is 3.59. The Bertz CT molecular complexity index is 514. The maximum Gasteiger partial charge on any atom is 0.134 e. The molecule has 1 saturated heterocycles. The number of fused-ring (bicyclic) bond motifs is 3. The molecule has 0 N–H and O–H groups in total. The van der Waals surface area contributed by atoms with Crippen molar-refractivity contribution >= 4 is 0 Å². The zero-order valence-corrected chi connectivity index (χ0v) is 13.5. The van der Waals surface area contributed by atoms with Crippen molar-refractivity contribution in [3.05, 3.63) is 22.8 Å². The topological polar surface area (TPSA) is 29.0 Å². The fourth-order valence-electron chi connectivity index (χ4n) is 3.53. The Kier molecular flexibility index (Phi) is 3.36. The molecule has 1 aromatic heterocycles. The van der Waals surface area contributed by atoms with Gasteiger partial charge in [-0.1, -0.05) is 34.6 Å². The third-order valence-electron chi connectivity index (χ3n) is 4.60. The van der Waals surface area contributed by atoms with Gasteiger partial charge in [-0.3, -0.25) is 4.90 Å². The van der Waals surface area contributed by atoms with Crippen molar-refractivity contribution in [3.63, 3.8) is 0 Å². The molecule has 20 heavy (non-hydrogen) atoms. The Morgan fingerprint density at radius 1 is 1.15 bits per heavy atom. The summed E-state index contributed by atoms with van der Waals surface area (Å²) in [7, 11) is 0. The van der Waals surface area contributed by atoms with Crippen molar-refractivity contribution < 1.29 is 0 Å². The van der Waals surface area contributed by atoms with Crippen molar-refractivity contribution in [3.8, 4) is 0 Å². The van der Waals surface area contributed by atoms with E-state index in [1.54, 1.807) is 0 Å². The van der Waals surface area contributed by atoms with E-state index in [1.807, 2.05) is 0 Å². The average molecular weight is 273 g/mol. The van der Waals surface area contributed by atoms with Crippen LogP contribution in [-0.4, -0.2) is 28.0 Å². The quantitative estimate of drug-likeness (QED) is 0.783. The van der Waals surface area contributed by atoms with Crippen molar-refractivity contribution in [2.45, 2.75) is 71.3 Å². The molecule has 0 bridgehead atoms. The molecule has 1 aromatic rings. The Morgan fingerprint density at radius 2 is 1.90 bits per heavy atom. The maximum absolute atomic E-state index is 4.98. The lowest BCUT2D eigenvalue weighted by Gasteiger charge is -2.34. The van der Waals surface area contributed by atoms with E-state index in [0.717, 1.165) is 12.2 Å². The van der Waals surface area contributed by atoms with Gasteiger partial charge in [0.05, 0.1) is 11.4 Å². The second-order valence-corrected chi connectivity index (χ2v) is 7.64. The minimum atomic E-state index is 0.0332. The van der Waals surface area contributed by atoms with Crippen molar-refractivity contribution in [1.29, 1.82) is 0 Å². The van der Waals surface area contributed by atoms with Crippen LogP contribution in [0.25, 0.3) is 0 Å². The highest BCUT2D eigenvalue weighted by Crippen LogP contribution is 2.40. The molecule has 2 aliphatic rings. The predicted molar refractivity (Wildman–Crippen MR) is 82.1 cm³/mol. The molecule has 3 nitrogen and oxygen atoms in total. The van der Waals surface area contributed by atoms with Gasteiger partial charge in [0.2, 0.25) is 0 Å². The number of rotatable bonds is 1. The number of hydrogen-bond acceptors (Lipinski definition) is 3. The second-order valence-electron chi connectivity index (χ2n) is 7.64. The van der Waals surface area contributed by atoms with E-state index in [1.165, 1.54) is 42.9 Å². The van der Waals surface area contributed by atoms with Crippen LogP contribution in [0.2, 0.25) is 0 Å². The van der Waals surface area contributed by atoms with Crippen LogP contribution in [0.1, 0.15) is 82.2 Å². The maximum atomic E-state index is 4.98. The summed E-state index contributed by atoms with van der Waals surface area (Å²) in [5.41, 5.74) is 4.14. The largest absolute Gasteiger partial charge is 0.296 e. The van der Waals surface area contributed by atoms with E-state index >= 15 is 0 Å². The van der Waals surface area contributed by atoms with Gasteiger partial charge in [0.1, 0.15) is 5.82 Å². The summed E-state index contributed by atoms with van der Waals surface area (Å²) in [6.07, 6.45) is 3.70. The summed E-state index contributed by atoms with van der Waals surface area (Å²) < 4.78 is 0. The lowest BCUT2D eigenvalue weighted by atomic mass is 9.89. The summed E-state index contributed by atoms with van der Waals surface area (Å²) in [6.45, 7) is 13.6. The fourth-order valence-corrected chi connectivity index (χ4v) is 3.53. The number of nitrogens with zero attached hydrogens (tertiary/aromatic N) is 3. The van der Waals surface area contributed by atoms with Gasteiger partial charge < -0.3 is 0 Å². The summed E-state index contributed by atoms with van der Waals surface area (Å²) >= 11 is 0. The first-order chi connectivity index (χ1) is 9.38. The minimum Gasteiger partial charge on any atom is -0.296 e. The van der Waals surface area contributed by atoms with Gasteiger partial charge in [-0.15, -0.1) is 0 Å². The first-order valence-electron chi connectivity index (χ1n) is 8.03. The first-order valence-corrected chi connectivity index (χ1v) is 8.03. The second kappa shape index (κ2) is 4.80. The van der Waals surface area contributed by atoms with Crippen LogP contribution in [0.15, 0.2) is 0 Å². The summed E-state index contributed by atoms with van der Waals surface area (Å²) in [5.74, 6) is 1.50. The van der Waals surface area contributed by atoms with E-state index in [0.29, 0.717) is 12.0 Å². The van der Waals surface area contributed by atoms with Gasteiger partial charge in [0.15, 0.2) is 0 Å². The van der Waals surface area contributed by atoms with Gasteiger partial charge in [-0.25, -0.2) is 9.97 Å². The molecule has 1 unspecified atom stereocenters. The molecule has 110 valence electrons. The molecular weight excluding hydrogens is 246 g/mol. The Balaban J connectivity index is 2.15. The summed E-state index contributed by atoms with van der Waals surface area (Å²) in [5, 5.41) is 0. The Hall–Kier alpha value is -0.960. The molecule has 0 radical (unpaired) electrons. The number of aromatic nitrogens is 2. The molecule has 1 fully saturated rings. The molecule has 0 saturated carbocycles. The highest BCUT2D eigenvalue weighted by atomic mass is 15.2. The number of hydrogen-bond donors (Lipinski definition) is 0. The molecule has 0 spiro atoms. The highest BCUT2D eigenvalue weighted by Gasteiger charge is 2.36. The first kappa shape index (κ1) is 14.0. The molecule has 3 rings (SSSR count). The van der Waals surface area contributed by atoms with Crippen LogP contribution >= 0.6 is 0 Å². The summed E-state index contributed by atoms with van der Waals surface area (Å²) in [4.78, 5) is 12.6. The third kappa shape index (κ3) is 2.26. The molecule has 0 aliphatic carbocycles. The van der Waals surface area contributed by atoms with Crippen molar-refractivity contribution in [1.82, 2.24) is 14.9 Å². The van der Waals surface area contributed by atoms with Crippen LogP contribution in [0.4, 0.5) is 0 Å². The molecule has 0 amide bonds. The standard InChI is InChI=1S/C17H27N3/c1-11(2)15-14-12(18-16(19-15)17(3,4)5)8-10-20-9-6-7-13(14)20/h11,13H,6-10H2,1-5H3. The van der Waals surface area contributed by atoms with Gasteiger partial charge >= 0.3 is 0 Å². The molecule has 2 aliphatic heterocycles. The lowest BCUT2D eigenvalue weighted by Crippen LogP contribution is -2.34. The zero-order valence-electron chi connectivity index (χ0n) is 13.5. The van der Waals surface area contributed by atoms with Gasteiger partial charge in [0.25, 0.3) is 0 Å². The summed E-state index contributed by atoms with van der Waals surface area (Å²) in [6, 6.07) is 0.588. The van der Waals surface area contributed by atoms with Gasteiger partial charge in [-0.2, -0.15) is 0 Å². The van der Waals surface area contributed by atoms with Crippen molar-refractivity contribution in [2.24, 2.45) is 0 Å². The van der Waals surface area contributed by atoms with Crippen molar-refractivity contribution in [2.75, 3.05) is 13.1 Å². The van der Waals surface area contributed by atoms with Crippen LogP contribution in [0.5, 0.6) is 0 Å². The molecular formula is C17H27N3. The normalized spacial score (nSPS) is 23.0. The monoisotopic (exact) mass is 273 g/mol. The SMILES string of the molecule is CC(C)c1nc(C(C)(C)C)nc2c1C1CCCN1CC2. The van der Waals surface area contributed by atoms with Crippen LogP contribution in [-0.2, 0) is 11.8 Å². The average Bonchev–Trinajstić information content (AvgIpc) is 2.84. The van der Waals surface area contributed by atoms with Gasteiger partial charge in [0, 0.05) is 30.0 Å². The smallest absolute Gasteiger partial charge is 0.134 e. The molecule has 3 heterocycles. The van der Waals surface area contributed by atoms with Crippen LogP contribution < -0.4 is 0 Å². The zero-order chi connectivity index (χ0) is 14.5. The lowest BCUT2D eigenvalue weighted by molar-refractivity contribution is 0.237. The molecule has 3 heteroatoms. The van der Waals surface area contributed by atoms with Crippen LogP contribution in [0.3, 0.4) is 0 Å². The third-order valence-corrected chi connectivity index (χ3v) is 4.60. The Labute approximate surface area is 122 Å². The van der Waals surface area contributed by atoms with E-state index in [2.05, 4.69) is 39.5 Å². The minimum absolute atomic E-state index is 0.0332. The fraction of sp³-hybridized carbons (Fsp3) is 0.765. The van der Waals surface area contributed by atoms with Crippen LogP contribution in [0, 0.1) is 0 Å². The van der Waals surface area contributed by atoms with E-state index in [-0.39, 0.29) is 5.41 Å². The van der Waals surface area contributed by atoms with E-state index < -0.39 is 0 Å². The highest BCUT2D eigenvalue weighted by molar-refractivity contribution is 5.35.